The monoisotopic (exact) mass is 417 g/mol. The molecule has 0 bridgehead atoms. The Morgan fingerprint density at radius 3 is 2.38 bits per heavy atom. The van der Waals surface area contributed by atoms with Crippen LogP contribution in [-0.2, 0) is 17.9 Å². The van der Waals surface area contributed by atoms with Crippen LogP contribution in [0.2, 0.25) is 15.1 Å². The molecule has 0 spiro atoms. The highest BCUT2D eigenvalue weighted by Crippen LogP contribution is 2.34. The molecule has 4 nitrogen and oxygen atoms in total. The number of nitrogens with one attached hydrogen (secondary N) is 1. The number of benzene rings is 2. The Morgan fingerprint density at radius 1 is 0.923 bits per heavy atom. The standard InChI is InChI=1S/C19H22Cl3NO3/c1-24-7-3-6-23-11-14-8-18(25-2)19(10-17(14)22)26-12-13-4-5-15(20)9-16(13)21/h4-5,8-10,23H,3,6-7,11-12H2,1-2H3. The van der Waals surface area contributed by atoms with Gasteiger partial charge in [-0.15, -0.1) is 0 Å². The van der Waals surface area contributed by atoms with E-state index in [1.165, 1.54) is 0 Å². The second-order valence-electron chi connectivity index (χ2n) is 5.64. The molecule has 0 saturated heterocycles. The summed E-state index contributed by atoms with van der Waals surface area (Å²) in [4.78, 5) is 0. The van der Waals surface area contributed by atoms with Gasteiger partial charge in [0.25, 0.3) is 0 Å². The minimum absolute atomic E-state index is 0.289. The Hall–Kier alpha value is -1.17. The van der Waals surface area contributed by atoms with E-state index < -0.39 is 0 Å². The molecule has 0 saturated carbocycles. The van der Waals surface area contributed by atoms with Crippen molar-refractivity contribution in [1.82, 2.24) is 5.32 Å². The molecule has 0 aliphatic carbocycles. The molecule has 0 aromatic heterocycles. The van der Waals surface area contributed by atoms with E-state index in [2.05, 4.69) is 5.32 Å². The quantitative estimate of drug-likeness (QED) is 0.527. The van der Waals surface area contributed by atoms with Crippen molar-refractivity contribution >= 4 is 34.8 Å². The van der Waals surface area contributed by atoms with Crippen LogP contribution in [0.4, 0.5) is 0 Å². The van der Waals surface area contributed by atoms with Crippen molar-refractivity contribution in [2.75, 3.05) is 27.4 Å². The summed E-state index contributed by atoms with van der Waals surface area (Å²) in [5.41, 5.74) is 1.77. The molecule has 2 aromatic rings. The van der Waals surface area contributed by atoms with Gasteiger partial charge in [-0.1, -0.05) is 40.9 Å². The average molecular weight is 419 g/mol. The van der Waals surface area contributed by atoms with Crippen molar-refractivity contribution in [2.24, 2.45) is 0 Å². The molecule has 1 N–H and O–H groups in total. The van der Waals surface area contributed by atoms with Crippen molar-refractivity contribution in [2.45, 2.75) is 19.6 Å². The van der Waals surface area contributed by atoms with Crippen LogP contribution >= 0.6 is 34.8 Å². The molecule has 26 heavy (non-hydrogen) atoms. The van der Waals surface area contributed by atoms with Gasteiger partial charge < -0.3 is 19.5 Å². The number of hydrogen-bond acceptors (Lipinski definition) is 4. The largest absolute Gasteiger partial charge is 0.493 e. The van der Waals surface area contributed by atoms with Gasteiger partial charge >= 0.3 is 0 Å². The van der Waals surface area contributed by atoms with E-state index in [0.717, 1.165) is 30.7 Å². The van der Waals surface area contributed by atoms with E-state index >= 15 is 0 Å². The van der Waals surface area contributed by atoms with Gasteiger partial charge in [-0.05, 0) is 36.7 Å². The molecule has 0 radical (unpaired) electrons. The maximum absolute atomic E-state index is 6.39. The van der Waals surface area contributed by atoms with Crippen LogP contribution < -0.4 is 14.8 Å². The molecule has 0 aliphatic rings. The first-order chi connectivity index (χ1) is 12.5. The summed E-state index contributed by atoms with van der Waals surface area (Å²) in [5.74, 6) is 1.18. The fraction of sp³-hybridized carbons (Fsp3) is 0.368. The summed E-state index contributed by atoms with van der Waals surface area (Å²) in [6.07, 6.45) is 0.939. The summed E-state index contributed by atoms with van der Waals surface area (Å²) in [6.45, 7) is 2.50. The minimum atomic E-state index is 0.289. The zero-order valence-electron chi connectivity index (χ0n) is 14.8. The van der Waals surface area contributed by atoms with Gasteiger partial charge in [0.05, 0.1) is 7.11 Å². The fourth-order valence-corrected chi connectivity index (χ4v) is 3.03. The topological polar surface area (TPSA) is 39.7 Å². The number of ether oxygens (including phenoxy) is 3. The van der Waals surface area contributed by atoms with Gasteiger partial charge in [-0.3, -0.25) is 0 Å². The predicted molar refractivity (Wildman–Crippen MR) is 107 cm³/mol. The SMILES string of the molecule is COCCCNCc1cc(OC)c(OCc2ccc(Cl)cc2Cl)cc1Cl. The number of halogens is 3. The van der Waals surface area contributed by atoms with Crippen molar-refractivity contribution in [3.8, 4) is 11.5 Å². The lowest BCUT2D eigenvalue weighted by atomic mass is 10.2. The van der Waals surface area contributed by atoms with E-state index in [0.29, 0.717) is 33.1 Å². The van der Waals surface area contributed by atoms with Crippen LogP contribution in [0, 0.1) is 0 Å². The van der Waals surface area contributed by atoms with Crippen LogP contribution in [0.5, 0.6) is 11.5 Å². The molecule has 142 valence electrons. The predicted octanol–water partition coefficient (Wildman–Crippen LogP) is 5.36. The third kappa shape index (κ3) is 6.22. The van der Waals surface area contributed by atoms with Crippen LogP contribution in [-0.4, -0.2) is 27.4 Å². The Kier molecular flexibility index (Phi) is 8.82. The normalized spacial score (nSPS) is 10.8. The zero-order chi connectivity index (χ0) is 18.9. The van der Waals surface area contributed by atoms with Gasteiger partial charge in [0.1, 0.15) is 6.61 Å². The van der Waals surface area contributed by atoms with Gasteiger partial charge in [0.2, 0.25) is 0 Å². The van der Waals surface area contributed by atoms with E-state index in [4.69, 9.17) is 49.0 Å². The molecular weight excluding hydrogens is 397 g/mol. The lowest BCUT2D eigenvalue weighted by Crippen LogP contribution is -2.16. The van der Waals surface area contributed by atoms with E-state index in [1.807, 2.05) is 12.1 Å². The molecule has 0 aliphatic heterocycles. The summed E-state index contributed by atoms with van der Waals surface area (Å²) in [6, 6.07) is 8.93. The average Bonchev–Trinajstić information content (AvgIpc) is 2.62. The number of hydrogen-bond donors (Lipinski definition) is 1. The van der Waals surface area contributed by atoms with Gasteiger partial charge in [-0.25, -0.2) is 0 Å². The summed E-state index contributed by atoms with van der Waals surface area (Å²) in [5, 5.41) is 5.08. The van der Waals surface area contributed by atoms with Crippen molar-refractivity contribution in [1.29, 1.82) is 0 Å². The van der Waals surface area contributed by atoms with Crippen LogP contribution in [0.15, 0.2) is 30.3 Å². The Labute approximate surface area is 169 Å². The third-order valence-electron chi connectivity index (χ3n) is 3.75. The molecule has 0 unspecified atom stereocenters. The van der Waals surface area contributed by atoms with Crippen LogP contribution in [0.3, 0.4) is 0 Å². The molecule has 7 heteroatoms. The first kappa shape index (κ1) is 21.1. The molecule has 0 amide bonds. The van der Waals surface area contributed by atoms with Crippen LogP contribution in [0.25, 0.3) is 0 Å². The van der Waals surface area contributed by atoms with Crippen molar-refractivity contribution in [3.05, 3.63) is 56.5 Å². The maximum atomic E-state index is 6.39. The summed E-state index contributed by atoms with van der Waals surface area (Å²) in [7, 11) is 3.29. The van der Waals surface area contributed by atoms with Gasteiger partial charge in [0.15, 0.2) is 11.5 Å². The zero-order valence-corrected chi connectivity index (χ0v) is 17.0. The minimum Gasteiger partial charge on any atom is -0.493 e. The summed E-state index contributed by atoms with van der Waals surface area (Å²) >= 11 is 18.5. The molecule has 0 atom stereocenters. The third-order valence-corrected chi connectivity index (χ3v) is 4.69. The number of methoxy groups -OCH3 is 2. The Morgan fingerprint density at radius 2 is 1.69 bits per heavy atom. The van der Waals surface area contributed by atoms with Gasteiger partial charge in [0, 0.05) is 47.0 Å². The van der Waals surface area contributed by atoms with E-state index in [1.54, 1.807) is 32.4 Å². The molecular formula is C19H22Cl3NO3. The molecule has 2 rings (SSSR count). The first-order valence-electron chi connectivity index (χ1n) is 8.18. The molecule has 0 heterocycles. The lowest BCUT2D eigenvalue weighted by Gasteiger charge is -2.15. The van der Waals surface area contributed by atoms with Crippen molar-refractivity contribution < 1.29 is 14.2 Å². The van der Waals surface area contributed by atoms with Crippen molar-refractivity contribution in [3.63, 3.8) is 0 Å². The highest BCUT2D eigenvalue weighted by atomic mass is 35.5. The second-order valence-corrected chi connectivity index (χ2v) is 6.89. The lowest BCUT2D eigenvalue weighted by molar-refractivity contribution is 0.194. The molecule has 0 fully saturated rings. The Bertz CT molecular complexity index is 725. The van der Waals surface area contributed by atoms with E-state index in [-0.39, 0.29) is 6.61 Å². The Balaban J connectivity index is 2.03. The fourth-order valence-electron chi connectivity index (χ4n) is 2.34. The highest BCUT2D eigenvalue weighted by molar-refractivity contribution is 6.35. The second kappa shape index (κ2) is 10.9. The number of rotatable bonds is 10. The van der Waals surface area contributed by atoms with Gasteiger partial charge in [-0.2, -0.15) is 0 Å². The summed E-state index contributed by atoms with van der Waals surface area (Å²) < 4.78 is 16.3. The first-order valence-corrected chi connectivity index (χ1v) is 9.31. The highest BCUT2D eigenvalue weighted by Gasteiger charge is 2.12. The van der Waals surface area contributed by atoms with Crippen LogP contribution in [0.1, 0.15) is 17.5 Å². The maximum Gasteiger partial charge on any atom is 0.163 e. The van der Waals surface area contributed by atoms with E-state index in [9.17, 15) is 0 Å². The molecule has 2 aromatic carbocycles. The smallest absolute Gasteiger partial charge is 0.163 e.